The Morgan fingerprint density at radius 3 is 2.64 bits per heavy atom. The van der Waals surface area contributed by atoms with Crippen LogP contribution >= 0.6 is 11.8 Å². The van der Waals surface area contributed by atoms with Gasteiger partial charge < -0.3 is 4.57 Å². The van der Waals surface area contributed by atoms with Crippen LogP contribution < -0.4 is 11.2 Å². The fourth-order valence-corrected chi connectivity index (χ4v) is 5.48. The summed E-state index contributed by atoms with van der Waals surface area (Å²) in [6, 6.07) is -0.385. The lowest BCUT2D eigenvalue weighted by atomic mass is 10.1. The van der Waals surface area contributed by atoms with E-state index in [0.29, 0.717) is 12.3 Å². The molecule has 9 nitrogen and oxygen atoms in total. The monoisotopic (exact) mass is 363 g/mol. The van der Waals surface area contributed by atoms with Crippen LogP contribution in [0.5, 0.6) is 0 Å². The Bertz CT molecular complexity index is 1050. The minimum atomic E-state index is -0.996. The van der Waals surface area contributed by atoms with Crippen LogP contribution in [0.3, 0.4) is 0 Å². The van der Waals surface area contributed by atoms with Gasteiger partial charge in [-0.1, -0.05) is 6.92 Å². The van der Waals surface area contributed by atoms with E-state index in [9.17, 15) is 19.2 Å². The quantitative estimate of drug-likeness (QED) is 0.626. The minimum absolute atomic E-state index is 0.149. The highest BCUT2D eigenvalue weighted by atomic mass is 32.2. The van der Waals surface area contributed by atoms with Gasteiger partial charge in [-0.15, -0.1) is 11.8 Å². The van der Waals surface area contributed by atoms with Crippen LogP contribution in [0.4, 0.5) is 0 Å². The predicted octanol–water partition coefficient (Wildman–Crippen LogP) is -1.28. The summed E-state index contributed by atoms with van der Waals surface area (Å²) in [7, 11) is 2.95. The van der Waals surface area contributed by atoms with E-state index in [1.54, 1.807) is 11.6 Å². The summed E-state index contributed by atoms with van der Waals surface area (Å²) in [6.45, 7) is 2.63. The van der Waals surface area contributed by atoms with Crippen molar-refractivity contribution in [3.63, 3.8) is 0 Å². The zero-order valence-electron chi connectivity index (χ0n) is 14.1. The maximum Gasteiger partial charge on any atom is 0.332 e. The molecule has 2 aliphatic rings. The van der Waals surface area contributed by atoms with Crippen LogP contribution in [0.2, 0.25) is 0 Å². The Hall–Kier alpha value is -2.20. The van der Waals surface area contributed by atoms with Gasteiger partial charge in [0, 0.05) is 19.8 Å². The first-order valence-corrected chi connectivity index (χ1v) is 8.92. The number of imidazole rings is 1. The summed E-state index contributed by atoms with van der Waals surface area (Å²) in [5.41, 5.74) is -0.403. The van der Waals surface area contributed by atoms with Gasteiger partial charge in [0.25, 0.3) is 5.56 Å². The number of hydrogen-bond acceptors (Lipinski definition) is 7. The fraction of sp³-hybridized carbons (Fsp3) is 0.533. The third-order valence-electron chi connectivity index (χ3n) is 5.14. The van der Waals surface area contributed by atoms with Crippen molar-refractivity contribution in [3.05, 3.63) is 27.2 Å². The van der Waals surface area contributed by atoms with Gasteiger partial charge >= 0.3 is 5.69 Å². The Kier molecular flexibility index (Phi) is 3.35. The van der Waals surface area contributed by atoms with Crippen LogP contribution in [-0.2, 0) is 30.2 Å². The molecule has 2 aromatic rings. The van der Waals surface area contributed by atoms with Crippen molar-refractivity contribution < 1.29 is 9.59 Å². The average molecular weight is 363 g/mol. The molecule has 10 heteroatoms. The van der Waals surface area contributed by atoms with E-state index in [4.69, 9.17) is 0 Å². The molecule has 4 heterocycles. The van der Waals surface area contributed by atoms with Gasteiger partial charge in [0.05, 0.1) is 18.9 Å². The third-order valence-corrected chi connectivity index (χ3v) is 6.65. The van der Waals surface area contributed by atoms with Crippen molar-refractivity contribution in [1.82, 2.24) is 23.6 Å². The number of rotatable bonds is 3. The van der Waals surface area contributed by atoms with Crippen LogP contribution in [0, 0.1) is 0 Å². The van der Waals surface area contributed by atoms with Crippen LogP contribution in [0.15, 0.2) is 15.9 Å². The number of thioether (sulfide) groups is 1. The van der Waals surface area contributed by atoms with Gasteiger partial charge in [-0.25, -0.2) is 9.78 Å². The first kappa shape index (κ1) is 16.3. The van der Waals surface area contributed by atoms with Crippen LogP contribution in [0.25, 0.3) is 11.2 Å². The second kappa shape index (κ2) is 5.15. The van der Waals surface area contributed by atoms with Crippen LogP contribution in [-0.4, -0.2) is 58.4 Å². The third kappa shape index (κ3) is 1.86. The van der Waals surface area contributed by atoms with Crippen molar-refractivity contribution in [2.75, 3.05) is 12.3 Å². The van der Waals surface area contributed by atoms with Gasteiger partial charge in [0.15, 0.2) is 16.0 Å². The largest absolute Gasteiger partial charge is 0.332 e. The summed E-state index contributed by atoms with van der Waals surface area (Å²) in [4.78, 5) is 54.5. The number of nitrogens with zero attached hydrogens (tertiary/aromatic N) is 5. The smallest absolute Gasteiger partial charge is 0.321 e. The molecule has 2 bridgehead atoms. The van der Waals surface area contributed by atoms with Crippen molar-refractivity contribution in [1.29, 1.82) is 0 Å². The molecule has 2 aromatic heterocycles. The molecule has 25 heavy (non-hydrogen) atoms. The number of aromatic nitrogens is 4. The van der Waals surface area contributed by atoms with Gasteiger partial charge in [-0.05, 0) is 6.54 Å². The zero-order valence-corrected chi connectivity index (χ0v) is 14.9. The number of fused-ring (bicyclic) bond motifs is 3. The summed E-state index contributed by atoms with van der Waals surface area (Å²) in [5.74, 6) is -0.203. The maximum atomic E-state index is 12.6. The number of carbonyl (C=O) groups is 2. The molecule has 2 aliphatic heterocycles. The molecule has 2 saturated heterocycles. The van der Waals surface area contributed by atoms with E-state index in [1.807, 2.05) is 11.8 Å². The Labute approximate surface area is 146 Å². The van der Waals surface area contributed by atoms with E-state index in [2.05, 4.69) is 4.98 Å². The van der Waals surface area contributed by atoms with E-state index in [1.165, 1.54) is 29.7 Å². The molecule has 2 unspecified atom stereocenters. The van der Waals surface area contributed by atoms with Crippen molar-refractivity contribution in [2.24, 2.45) is 14.1 Å². The number of carbonyl (C=O) groups excluding carboxylic acids is 2. The highest BCUT2D eigenvalue weighted by molar-refractivity contribution is 8.02. The highest BCUT2D eigenvalue weighted by Crippen LogP contribution is 2.47. The van der Waals surface area contributed by atoms with Crippen LogP contribution in [0.1, 0.15) is 6.92 Å². The first-order valence-electron chi connectivity index (χ1n) is 7.93. The lowest BCUT2D eigenvalue weighted by molar-refractivity contribution is -0.135. The fourth-order valence-electron chi connectivity index (χ4n) is 3.83. The molecule has 2 atom stereocenters. The topological polar surface area (TPSA) is 99.2 Å². The summed E-state index contributed by atoms with van der Waals surface area (Å²) in [6.07, 6.45) is 1.46. The molecule has 0 radical (unpaired) electrons. The van der Waals surface area contributed by atoms with E-state index in [0.717, 1.165) is 4.57 Å². The summed E-state index contributed by atoms with van der Waals surface area (Å²) >= 11 is 1.44. The highest BCUT2D eigenvalue weighted by Gasteiger charge is 2.63. The molecule has 0 aromatic carbocycles. The standard InChI is InChI=1S/C15H17N5O4S/c1-4-20-8-5-25-15(20,11(22)10(8)21)6-19-7-16-12-9(19)13(23)18(3)14(24)17(12)2/h7-8H,4-6H2,1-3H3. The Balaban J connectivity index is 1.90. The van der Waals surface area contributed by atoms with E-state index in [-0.39, 0.29) is 29.5 Å². The molecule has 2 fully saturated rings. The molecule has 0 aliphatic carbocycles. The number of hydrogen-bond donors (Lipinski definition) is 0. The zero-order chi connectivity index (χ0) is 18.1. The molecule has 4 rings (SSSR count). The van der Waals surface area contributed by atoms with Gasteiger partial charge in [-0.3, -0.25) is 28.4 Å². The molecular formula is C15H17N5O4S. The van der Waals surface area contributed by atoms with Crippen molar-refractivity contribution in [2.45, 2.75) is 24.4 Å². The molecule has 0 saturated carbocycles. The summed E-state index contributed by atoms with van der Waals surface area (Å²) < 4.78 is 3.91. The minimum Gasteiger partial charge on any atom is -0.321 e. The molecule has 0 amide bonds. The Morgan fingerprint density at radius 1 is 1.24 bits per heavy atom. The normalized spacial score (nSPS) is 26.3. The van der Waals surface area contributed by atoms with Gasteiger partial charge in [-0.2, -0.15) is 0 Å². The average Bonchev–Trinajstić information content (AvgIpc) is 3.23. The predicted molar refractivity (Wildman–Crippen MR) is 91.6 cm³/mol. The number of likely N-dealkylation sites (N-methyl/N-ethyl adjacent to an activating group) is 1. The van der Waals surface area contributed by atoms with E-state index < -0.39 is 21.9 Å². The van der Waals surface area contributed by atoms with Crippen molar-refractivity contribution >= 4 is 34.5 Å². The summed E-state index contributed by atoms with van der Waals surface area (Å²) in [5, 5.41) is 0. The molecule has 0 N–H and O–H groups in total. The molecule has 0 spiro atoms. The second-order valence-corrected chi connectivity index (χ2v) is 7.64. The van der Waals surface area contributed by atoms with Gasteiger partial charge in [0.1, 0.15) is 0 Å². The number of Topliss-reactive ketones (excluding diaryl/α,β-unsaturated/α-hetero) is 2. The molecular weight excluding hydrogens is 346 g/mol. The molecule has 132 valence electrons. The SMILES string of the molecule is CCN1C2CSC1(Cn1cnc3c1c(=O)n(C)c(=O)n3C)C(=O)C2=O. The lowest BCUT2D eigenvalue weighted by Gasteiger charge is -2.30. The lowest BCUT2D eigenvalue weighted by Crippen LogP contribution is -2.47. The first-order chi connectivity index (χ1) is 11.8. The number of aryl methyl sites for hydroxylation is 1. The van der Waals surface area contributed by atoms with Gasteiger partial charge in [0.2, 0.25) is 11.6 Å². The second-order valence-electron chi connectivity index (χ2n) is 6.34. The maximum absolute atomic E-state index is 12.6. The number of ketones is 2. The van der Waals surface area contributed by atoms with E-state index >= 15 is 0 Å². The van der Waals surface area contributed by atoms with Crippen molar-refractivity contribution in [3.8, 4) is 0 Å². The Morgan fingerprint density at radius 2 is 1.96 bits per heavy atom.